The first-order valence-electron chi connectivity index (χ1n) is 8.62. The second-order valence-electron chi connectivity index (χ2n) is 7.02. The molecular weight excluding hydrogens is 328 g/mol. The highest BCUT2D eigenvalue weighted by molar-refractivity contribution is 6.18. The van der Waals surface area contributed by atoms with E-state index in [1.807, 2.05) is 42.5 Å². The molecule has 0 bridgehead atoms. The first-order valence-corrected chi connectivity index (χ1v) is 8.62. The van der Waals surface area contributed by atoms with Crippen molar-refractivity contribution in [3.63, 3.8) is 0 Å². The van der Waals surface area contributed by atoms with E-state index in [1.54, 1.807) is 12.1 Å². The van der Waals surface area contributed by atoms with Crippen LogP contribution in [0.15, 0.2) is 60.4 Å². The highest BCUT2D eigenvalue weighted by Gasteiger charge is 2.60. The highest BCUT2D eigenvalue weighted by atomic mass is 16.3. The Balaban J connectivity index is 1.74. The van der Waals surface area contributed by atoms with Gasteiger partial charge in [-0.2, -0.15) is 5.26 Å². The van der Waals surface area contributed by atoms with Crippen LogP contribution in [-0.2, 0) is 11.3 Å². The van der Waals surface area contributed by atoms with Crippen molar-refractivity contribution in [2.75, 3.05) is 6.54 Å². The Morgan fingerprint density at radius 1 is 1.12 bits per heavy atom. The fraction of sp³-hybridized carbons (Fsp3) is 0.238. The van der Waals surface area contributed by atoms with E-state index in [9.17, 15) is 15.0 Å². The van der Waals surface area contributed by atoms with Crippen molar-refractivity contribution >= 4 is 11.5 Å². The quantitative estimate of drug-likeness (QED) is 0.836. The van der Waals surface area contributed by atoms with Crippen LogP contribution >= 0.6 is 0 Å². The van der Waals surface area contributed by atoms with Gasteiger partial charge >= 0.3 is 5.91 Å². The fourth-order valence-corrected chi connectivity index (χ4v) is 4.24. The number of hydrogen-bond donors (Lipinski definition) is 2. The molecule has 3 atom stereocenters. The lowest BCUT2D eigenvalue weighted by Gasteiger charge is -2.32. The van der Waals surface area contributed by atoms with Gasteiger partial charge in [0.1, 0.15) is 24.8 Å². The third kappa shape index (κ3) is 2.43. The molecule has 2 heterocycles. The molecular formula is C21H19N2O3+. The molecule has 130 valence electrons. The van der Waals surface area contributed by atoms with Gasteiger partial charge in [-0.1, -0.05) is 42.5 Å². The number of fused-ring (bicyclic) bond motifs is 1. The van der Waals surface area contributed by atoms with Gasteiger partial charge in [-0.15, -0.1) is 0 Å². The van der Waals surface area contributed by atoms with Crippen molar-refractivity contribution in [3.8, 4) is 6.07 Å². The number of aliphatic hydroxyl groups is 2. The first-order chi connectivity index (χ1) is 12.5. The number of amides is 1. The van der Waals surface area contributed by atoms with Gasteiger partial charge in [0.15, 0.2) is 11.8 Å². The molecule has 2 aromatic rings. The molecule has 2 aliphatic rings. The average Bonchev–Trinajstić information content (AvgIpc) is 3.08. The van der Waals surface area contributed by atoms with Crippen LogP contribution in [0.1, 0.15) is 23.1 Å². The number of carbonyl (C=O) groups excluding carboxylic acids is 1. The van der Waals surface area contributed by atoms with Gasteiger partial charge in [-0.25, -0.2) is 9.28 Å². The Kier molecular flexibility index (Phi) is 3.87. The molecule has 0 aromatic heterocycles. The minimum Gasteiger partial charge on any atom is -0.506 e. The lowest BCUT2D eigenvalue weighted by molar-refractivity contribution is -0.870. The van der Waals surface area contributed by atoms with Crippen LogP contribution < -0.4 is 0 Å². The Morgan fingerprint density at radius 3 is 2.46 bits per heavy atom. The standard InChI is InChI=1S/C21H18N2O3/c22-11-14-6-8-15(9-7-14)12-23-13-17(24)10-18(23)20(25)19(21(23)26)16-4-2-1-3-5-16/h1-9,17-18,24H,10,12-13H2/p+1/t17-,18-,23-/m1/s1. The van der Waals surface area contributed by atoms with Crippen LogP contribution in [0, 0.1) is 11.3 Å². The van der Waals surface area contributed by atoms with E-state index in [0.717, 1.165) is 5.56 Å². The summed E-state index contributed by atoms with van der Waals surface area (Å²) in [6, 6.07) is 18.0. The summed E-state index contributed by atoms with van der Waals surface area (Å²) in [5.74, 6) is -0.0778. The van der Waals surface area contributed by atoms with E-state index in [4.69, 9.17) is 5.26 Å². The monoisotopic (exact) mass is 347 g/mol. The SMILES string of the molecule is N#Cc1ccc(C[N@@+]23C[C@H](O)C[C@@H]2C(O)=C(c2ccccc2)C3=O)cc1. The molecule has 1 fully saturated rings. The van der Waals surface area contributed by atoms with Crippen LogP contribution in [0.4, 0.5) is 0 Å². The maximum atomic E-state index is 13.4. The zero-order valence-corrected chi connectivity index (χ0v) is 14.2. The molecule has 1 amide bonds. The Morgan fingerprint density at radius 2 is 1.81 bits per heavy atom. The van der Waals surface area contributed by atoms with Gasteiger partial charge in [0.25, 0.3) is 0 Å². The number of nitriles is 1. The van der Waals surface area contributed by atoms with Crippen molar-refractivity contribution in [1.82, 2.24) is 0 Å². The number of hydrogen-bond acceptors (Lipinski definition) is 4. The predicted molar refractivity (Wildman–Crippen MR) is 95.4 cm³/mol. The van der Waals surface area contributed by atoms with E-state index in [0.29, 0.717) is 29.7 Å². The van der Waals surface area contributed by atoms with Crippen LogP contribution in [0.3, 0.4) is 0 Å². The van der Waals surface area contributed by atoms with E-state index in [-0.39, 0.29) is 22.7 Å². The van der Waals surface area contributed by atoms with E-state index >= 15 is 0 Å². The molecule has 2 aromatic carbocycles. The minimum atomic E-state index is -0.623. The van der Waals surface area contributed by atoms with E-state index < -0.39 is 12.1 Å². The van der Waals surface area contributed by atoms with Crippen molar-refractivity contribution in [3.05, 3.63) is 77.0 Å². The van der Waals surface area contributed by atoms with Gasteiger partial charge in [0, 0.05) is 12.0 Å². The topological polar surface area (TPSA) is 81.3 Å². The van der Waals surface area contributed by atoms with Gasteiger partial charge in [0.05, 0.1) is 11.6 Å². The molecule has 2 N–H and O–H groups in total. The minimum absolute atomic E-state index is 0.00310. The summed E-state index contributed by atoms with van der Waals surface area (Å²) in [6.45, 7) is 0.663. The Hall–Kier alpha value is -2.94. The maximum absolute atomic E-state index is 13.4. The number of nitrogens with zero attached hydrogens (tertiary/aromatic N) is 2. The molecule has 0 aliphatic carbocycles. The number of carbonyl (C=O) groups is 1. The molecule has 26 heavy (non-hydrogen) atoms. The number of rotatable bonds is 3. The molecule has 5 nitrogen and oxygen atoms in total. The number of benzene rings is 2. The van der Waals surface area contributed by atoms with Crippen molar-refractivity contribution < 1.29 is 19.5 Å². The molecule has 1 saturated heterocycles. The fourth-order valence-electron chi connectivity index (χ4n) is 4.24. The summed E-state index contributed by atoms with van der Waals surface area (Å²) in [7, 11) is 0. The summed E-state index contributed by atoms with van der Waals surface area (Å²) in [4.78, 5) is 13.4. The smallest absolute Gasteiger partial charge is 0.351 e. The Labute approximate surface area is 151 Å². The van der Waals surface area contributed by atoms with Gasteiger partial charge in [0.2, 0.25) is 0 Å². The summed E-state index contributed by atoms with van der Waals surface area (Å²) < 4.78 is 0.00310. The van der Waals surface area contributed by atoms with Gasteiger partial charge < -0.3 is 10.2 Å². The van der Waals surface area contributed by atoms with E-state index in [2.05, 4.69) is 6.07 Å². The molecule has 4 rings (SSSR count). The van der Waals surface area contributed by atoms with Crippen LogP contribution in [0.5, 0.6) is 0 Å². The molecule has 0 unspecified atom stereocenters. The summed E-state index contributed by atoms with van der Waals surface area (Å²) >= 11 is 0. The second kappa shape index (κ2) is 6.10. The van der Waals surface area contributed by atoms with E-state index in [1.165, 1.54) is 0 Å². The molecule has 0 radical (unpaired) electrons. The maximum Gasteiger partial charge on any atom is 0.351 e. The zero-order valence-electron chi connectivity index (χ0n) is 14.2. The predicted octanol–water partition coefficient (Wildman–Crippen LogP) is 2.52. The largest absolute Gasteiger partial charge is 0.506 e. The zero-order chi connectivity index (χ0) is 18.3. The highest BCUT2D eigenvalue weighted by Crippen LogP contribution is 2.45. The first kappa shape index (κ1) is 16.5. The average molecular weight is 347 g/mol. The summed E-state index contributed by atoms with van der Waals surface area (Å²) in [5.41, 5.74) is 2.52. The lowest BCUT2D eigenvalue weighted by Crippen LogP contribution is -2.52. The normalized spacial score (nSPS) is 27.5. The molecule has 2 aliphatic heterocycles. The molecule has 5 heteroatoms. The number of aliphatic hydroxyl groups excluding tert-OH is 2. The van der Waals surface area contributed by atoms with Crippen LogP contribution in [-0.4, -0.2) is 39.3 Å². The van der Waals surface area contributed by atoms with Crippen molar-refractivity contribution in [1.29, 1.82) is 5.26 Å². The van der Waals surface area contributed by atoms with Crippen molar-refractivity contribution in [2.24, 2.45) is 0 Å². The second-order valence-corrected chi connectivity index (χ2v) is 7.02. The van der Waals surface area contributed by atoms with Gasteiger partial charge in [-0.3, -0.25) is 0 Å². The lowest BCUT2D eigenvalue weighted by atomic mass is 10.0. The van der Waals surface area contributed by atoms with Gasteiger partial charge in [-0.05, 0) is 17.7 Å². The molecule has 0 spiro atoms. The van der Waals surface area contributed by atoms with Crippen molar-refractivity contribution in [2.45, 2.75) is 25.1 Å². The molecule has 0 saturated carbocycles. The summed E-state index contributed by atoms with van der Waals surface area (Å²) in [6.07, 6.45) is -0.258. The Bertz CT molecular complexity index is 928. The third-order valence-electron chi connectivity index (χ3n) is 5.43. The summed E-state index contributed by atoms with van der Waals surface area (Å²) in [5, 5.41) is 30.0. The van der Waals surface area contributed by atoms with Crippen LogP contribution in [0.2, 0.25) is 0 Å². The van der Waals surface area contributed by atoms with Crippen LogP contribution in [0.25, 0.3) is 5.57 Å². The number of quaternary nitrogens is 1. The third-order valence-corrected chi connectivity index (χ3v) is 5.43.